The van der Waals surface area contributed by atoms with Gasteiger partial charge in [0.1, 0.15) is 0 Å². The fourth-order valence-electron chi connectivity index (χ4n) is 3.60. The molecule has 1 aromatic heterocycles. The Morgan fingerprint density at radius 2 is 1.65 bits per heavy atom. The van der Waals surface area contributed by atoms with E-state index in [2.05, 4.69) is 10.3 Å². The van der Waals surface area contributed by atoms with Crippen molar-refractivity contribution in [2.24, 2.45) is 0 Å². The second-order valence-electron chi connectivity index (χ2n) is 7.39. The average Bonchev–Trinajstić information content (AvgIpc) is 2.78. The highest BCUT2D eigenvalue weighted by molar-refractivity contribution is 6.07. The molecule has 4 aromatic carbocycles. The summed E-state index contributed by atoms with van der Waals surface area (Å²) in [5, 5.41) is 5.40. The zero-order valence-electron chi connectivity index (χ0n) is 16.8. The molecule has 150 valence electrons. The molecule has 5 nitrogen and oxygen atoms in total. The van der Waals surface area contributed by atoms with Crippen LogP contribution in [0.4, 0.5) is 5.69 Å². The summed E-state index contributed by atoms with van der Waals surface area (Å²) in [5.74, 6) is -0.0882. The van der Waals surface area contributed by atoms with Gasteiger partial charge in [0.2, 0.25) is 5.89 Å². The van der Waals surface area contributed by atoms with Crippen LogP contribution in [0.25, 0.3) is 33.1 Å². The van der Waals surface area contributed by atoms with Gasteiger partial charge in [-0.1, -0.05) is 48.5 Å². The van der Waals surface area contributed by atoms with Gasteiger partial charge in [0.05, 0.1) is 22.2 Å². The lowest BCUT2D eigenvalue weighted by atomic mass is 10.1. The third-order valence-corrected chi connectivity index (χ3v) is 5.20. The maximum absolute atomic E-state index is 12.9. The van der Waals surface area contributed by atoms with Crippen LogP contribution in [0, 0.1) is 6.92 Å². The normalized spacial score (nSPS) is 11.0. The zero-order chi connectivity index (χ0) is 21.4. The summed E-state index contributed by atoms with van der Waals surface area (Å²) in [7, 11) is 0. The number of hydrogen-bond donors (Lipinski definition) is 1. The number of rotatable bonds is 3. The molecule has 0 unspecified atom stereocenters. The van der Waals surface area contributed by atoms with Crippen molar-refractivity contribution in [2.75, 3.05) is 5.32 Å². The minimum absolute atomic E-state index is 0.164. The van der Waals surface area contributed by atoms with E-state index in [1.807, 2.05) is 67.6 Å². The molecular formula is C26H18N2O3. The first kappa shape index (κ1) is 18.8. The van der Waals surface area contributed by atoms with Gasteiger partial charge in [0.15, 0.2) is 0 Å². The lowest BCUT2D eigenvalue weighted by Crippen LogP contribution is -2.13. The van der Waals surface area contributed by atoms with E-state index in [4.69, 9.17) is 4.42 Å². The number of nitrogens with zero attached hydrogens (tertiary/aromatic N) is 1. The standard InChI is InChI=1S/C26H18N2O3/c1-16-10-13-21-23(14-16)28-25(31-26(21)30)20-8-4-5-9-22(20)27-24(29)19-12-11-17-6-2-3-7-18(17)15-19/h2-15H,1H3,(H,27,29). The number of carbonyl (C=O) groups is 1. The first-order valence-electron chi connectivity index (χ1n) is 9.89. The van der Waals surface area contributed by atoms with E-state index < -0.39 is 5.63 Å². The van der Waals surface area contributed by atoms with E-state index in [1.54, 1.807) is 24.3 Å². The smallest absolute Gasteiger partial charge is 0.347 e. The Labute approximate surface area is 178 Å². The molecule has 0 radical (unpaired) electrons. The summed E-state index contributed by atoms with van der Waals surface area (Å²) in [6.07, 6.45) is 0. The lowest BCUT2D eigenvalue weighted by molar-refractivity contribution is 0.102. The summed E-state index contributed by atoms with van der Waals surface area (Å²) in [4.78, 5) is 29.9. The van der Waals surface area contributed by atoms with Crippen molar-refractivity contribution in [1.82, 2.24) is 4.98 Å². The number of aryl methyl sites for hydroxylation is 1. The Morgan fingerprint density at radius 3 is 2.52 bits per heavy atom. The van der Waals surface area contributed by atoms with Crippen LogP contribution in [0.5, 0.6) is 0 Å². The minimum Gasteiger partial charge on any atom is -0.403 e. The number of amides is 1. The Morgan fingerprint density at radius 1 is 0.871 bits per heavy atom. The Hall–Kier alpha value is -4.25. The van der Waals surface area contributed by atoms with Gasteiger partial charge in [0.25, 0.3) is 5.91 Å². The number of nitrogens with one attached hydrogen (secondary N) is 1. The summed E-state index contributed by atoms with van der Waals surface area (Å²) in [5.41, 5.74) is 2.68. The van der Waals surface area contributed by atoms with E-state index in [0.29, 0.717) is 27.7 Å². The molecule has 0 aliphatic carbocycles. The van der Waals surface area contributed by atoms with Gasteiger partial charge >= 0.3 is 5.63 Å². The monoisotopic (exact) mass is 406 g/mol. The Bertz CT molecular complexity index is 1520. The van der Waals surface area contributed by atoms with Gasteiger partial charge in [-0.2, -0.15) is 0 Å². The maximum Gasteiger partial charge on any atom is 0.347 e. The molecule has 5 rings (SSSR count). The molecule has 0 saturated carbocycles. The van der Waals surface area contributed by atoms with Crippen LogP contribution >= 0.6 is 0 Å². The minimum atomic E-state index is -0.462. The number of hydrogen-bond acceptors (Lipinski definition) is 4. The predicted octanol–water partition coefficient (Wildman–Crippen LogP) is 5.57. The summed E-state index contributed by atoms with van der Waals surface area (Å²) in [6, 6.07) is 26.0. The molecule has 0 atom stereocenters. The molecule has 1 N–H and O–H groups in total. The first-order chi connectivity index (χ1) is 15.1. The van der Waals surface area contributed by atoms with Crippen LogP contribution in [0.1, 0.15) is 15.9 Å². The third kappa shape index (κ3) is 3.57. The van der Waals surface area contributed by atoms with E-state index in [9.17, 15) is 9.59 Å². The van der Waals surface area contributed by atoms with Crippen molar-refractivity contribution in [3.63, 3.8) is 0 Å². The molecule has 0 aliphatic heterocycles. The number of anilines is 1. The highest BCUT2D eigenvalue weighted by Crippen LogP contribution is 2.28. The van der Waals surface area contributed by atoms with Gasteiger partial charge in [0, 0.05) is 5.56 Å². The number of fused-ring (bicyclic) bond motifs is 2. The van der Waals surface area contributed by atoms with E-state index in [0.717, 1.165) is 16.3 Å². The van der Waals surface area contributed by atoms with Crippen molar-refractivity contribution in [1.29, 1.82) is 0 Å². The second kappa shape index (κ2) is 7.54. The SMILES string of the molecule is Cc1ccc2c(=O)oc(-c3ccccc3NC(=O)c3ccc4ccccc4c3)nc2c1. The van der Waals surface area contributed by atoms with E-state index in [1.165, 1.54) is 0 Å². The van der Waals surface area contributed by atoms with Crippen LogP contribution in [0.3, 0.4) is 0 Å². The summed E-state index contributed by atoms with van der Waals surface area (Å²) < 4.78 is 5.48. The van der Waals surface area contributed by atoms with Crippen LogP contribution in [-0.4, -0.2) is 10.9 Å². The molecule has 1 heterocycles. The molecule has 0 aliphatic rings. The van der Waals surface area contributed by atoms with Crippen molar-refractivity contribution < 1.29 is 9.21 Å². The van der Waals surface area contributed by atoms with Crippen LogP contribution in [0.15, 0.2) is 94.1 Å². The topological polar surface area (TPSA) is 72.2 Å². The molecule has 5 heteroatoms. The van der Waals surface area contributed by atoms with Crippen molar-refractivity contribution >= 4 is 33.3 Å². The highest BCUT2D eigenvalue weighted by atomic mass is 16.4. The quantitative estimate of drug-likeness (QED) is 0.425. The third-order valence-electron chi connectivity index (χ3n) is 5.20. The largest absolute Gasteiger partial charge is 0.403 e. The lowest BCUT2D eigenvalue weighted by Gasteiger charge is -2.11. The fourth-order valence-corrected chi connectivity index (χ4v) is 3.60. The maximum atomic E-state index is 12.9. The van der Waals surface area contributed by atoms with Crippen molar-refractivity contribution in [3.05, 3.63) is 106 Å². The fraction of sp³-hybridized carbons (Fsp3) is 0.0385. The van der Waals surface area contributed by atoms with Crippen LogP contribution in [-0.2, 0) is 0 Å². The number of para-hydroxylation sites is 1. The summed E-state index contributed by atoms with van der Waals surface area (Å²) in [6.45, 7) is 1.94. The first-order valence-corrected chi connectivity index (χ1v) is 9.89. The molecule has 31 heavy (non-hydrogen) atoms. The van der Waals surface area contributed by atoms with Crippen LogP contribution in [0.2, 0.25) is 0 Å². The van der Waals surface area contributed by atoms with Gasteiger partial charge in [-0.15, -0.1) is 0 Å². The molecule has 5 aromatic rings. The Balaban J connectivity index is 1.54. The second-order valence-corrected chi connectivity index (χ2v) is 7.39. The van der Waals surface area contributed by atoms with Gasteiger partial charge in [-0.3, -0.25) is 4.79 Å². The van der Waals surface area contributed by atoms with Crippen molar-refractivity contribution in [2.45, 2.75) is 6.92 Å². The van der Waals surface area contributed by atoms with E-state index >= 15 is 0 Å². The molecule has 0 spiro atoms. The van der Waals surface area contributed by atoms with E-state index in [-0.39, 0.29) is 11.8 Å². The van der Waals surface area contributed by atoms with Gasteiger partial charge in [-0.05, 0) is 59.7 Å². The number of aromatic nitrogens is 1. The highest BCUT2D eigenvalue weighted by Gasteiger charge is 2.15. The zero-order valence-corrected chi connectivity index (χ0v) is 16.8. The Kier molecular flexibility index (Phi) is 4.56. The molecule has 0 bridgehead atoms. The van der Waals surface area contributed by atoms with Gasteiger partial charge in [-0.25, -0.2) is 9.78 Å². The predicted molar refractivity (Wildman–Crippen MR) is 122 cm³/mol. The number of carbonyl (C=O) groups excluding carboxylic acids is 1. The molecule has 0 fully saturated rings. The van der Waals surface area contributed by atoms with Crippen LogP contribution < -0.4 is 10.9 Å². The summed E-state index contributed by atoms with van der Waals surface area (Å²) >= 11 is 0. The van der Waals surface area contributed by atoms with Crippen molar-refractivity contribution in [3.8, 4) is 11.5 Å². The average molecular weight is 406 g/mol. The molecule has 1 amide bonds. The molecular weight excluding hydrogens is 388 g/mol. The molecule has 0 saturated heterocycles. The van der Waals surface area contributed by atoms with Gasteiger partial charge < -0.3 is 9.73 Å². The number of benzene rings is 4.